The summed E-state index contributed by atoms with van der Waals surface area (Å²) < 4.78 is 75.2. The first-order valence-corrected chi connectivity index (χ1v) is 10.2. The number of ether oxygens (including phenoxy) is 1. The Kier molecular flexibility index (Phi) is 4.56. The van der Waals surface area contributed by atoms with Gasteiger partial charge in [0.25, 0.3) is 10.1 Å². The molecule has 2 atom stereocenters. The molecule has 0 radical (unpaired) electrons. The third-order valence-corrected chi connectivity index (χ3v) is 5.82. The second kappa shape index (κ2) is 8.75. The molecule has 2 aromatic rings. The van der Waals surface area contributed by atoms with E-state index in [1.165, 1.54) is 12.1 Å². The van der Waals surface area contributed by atoms with Crippen LogP contribution in [0.2, 0.25) is 0 Å². The lowest BCUT2D eigenvalue weighted by atomic mass is 10.0. The predicted octanol–water partition coefficient (Wildman–Crippen LogP) is 3.75. The van der Waals surface area contributed by atoms with Gasteiger partial charge in [-0.2, -0.15) is 8.42 Å². The summed E-state index contributed by atoms with van der Waals surface area (Å²) >= 11 is 0. The molecule has 1 aliphatic heterocycles. The summed E-state index contributed by atoms with van der Waals surface area (Å²) in [5, 5.41) is 0. The van der Waals surface area contributed by atoms with Crippen LogP contribution in [-0.2, 0) is 25.6 Å². The first-order chi connectivity index (χ1) is 15.3. The fraction of sp³-hybridized carbons (Fsp3) is 0.381. The topological polar surface area (TPSA) is 72.9 Å². The molecular weight excluding hydrogens is 378 g/mol. The van der Waals surface area contributed by atoms with Gasteiger partial charge < -0.3 is 9.64 Å². The minimum Gasteiger partial charge on any atom is -0.445 e. The van der Waals surface area contributed by atoms with Gasteiger partial charge in [0.15, 0.2) is 0 Å². The van der Waals surface area contributed by atoms with Gasteiger partial charge in [-0.3, -0.25) is 4.18 Å². The van der Waals surface area contributed by atoms with Crippen LogP contribution in [0.1, 0.15) is 31.2 Å². The smallest absolute Gasteiger partial charge is 0.410 e. The number of hydrogen-bond donors (Lipinski definition) is 0. The number of amides is 1. The molecule has 2 unspecified atom stereocenters. The molecule has 1 saturated heterocycles. The lowest BCUT2D eigenvalue weighted by Gasteiger charge is -2.17. The van der Waals surface area contributed by atoms with E-state index in [1.54, 1.807) is 43.3 Å². The van der Waals surface area contributed by atoms with Crippen molar-refractivity contribution >= 4 is 16.2 Å². The van der Waals surface area contributed by atoms with Crippen LogP contribution in [0.3, 0.4) is 0 Å². The number of hydrogen-bond acceptors (Lipinski definition) is 5. The molecule has 3 rings (SSSR count). The van der Waals surface area contributed by atoms with Crippen molar-refractivity contribution in [3.8, 4) is 0 Å². The van der Waals surface area contributed by atoms with Crippen molar-refractivity contribution in [2.45, 2.75) is 37.8 Å². The average Bonchev–Trinajstić information content (AvgIpc) is 3.16. The zero-order chi connectivity index (χ0) is 24.4. The number of benzene rings is 2. The molecule has 150 valence electrons. The van der Waals surface area contributed by atoms with E-state index < -0.39 is 41.5 Å². The molecule has 6 nitrogen and oxygen atoms in total. The van der Waals surface area contributed by atoms with Crippen molar-refractivity contribution in [2.75, 3.05) is 13.1 Å². The Morgan fingerprint density at radius 2 is 1.89 bits per heavy atom. The maximum atomic E-state index is 12.8. The van der Waals surface area contributed by atoms with Crippen LogP contribution in [-0.4, -0.2) is 38.6 Å². The van der Waals surface area contributed by atoms with Gasteiger partial charge in [0.2, 0.25) is 0 Å². The van der Waals surface area contributed by atoms with Crippen molar-refractivity contribution in [1.29, 1.82) is 0 Å². The van der Waals surface area contributed by atoms with E-state index >= 15 is 0 Å². The van der Waals surface area contributed by atoms with E-state index in [4.69, 9.17) is 15.8 Å². The predicted molar refractivity (Wildman–Crippen MR) is 105 cm³/mol. The fourth-order valence-corrected chi connectivity index (χ4v) is 3.99. The Morgan fingerprint density at radius 1 is 1.18 bits per heavy atom. The molecule has 0 aromatic heterocycles. The number of aryl methyl sites for hydroxylation is 1. The number of rotatable bonds is 6. The van der Waals surface area contributed by atoms with Gasteiger partial charge in [-0.25, -0.2) is 4.79 Å². The van der Waals surface area contributed by atoms with E-state index in [-0.39, 0.29) is 24.6 Å². The molecule has 1 amide bonds. The molecule has 7 heteroatoms. The highest BCUT2D eigenvalue weighted by atomic mass is 32.2. The lowest BCUT2D eigenvalue weighted by Crippen LogP contribution is -2.31. The SMILES string of the molecule is [2H]C([2H])([2H])C([2H])([2H])C1CN(C(=O)OCc2ccccc2)CC1OS(=O)(=O)c1ccc(C)cc1. The third-order valence-electron chi connectivity index (χ3n) is 4.47. The van der Waals surface area contributed by atoms with E-state index in [2.05, 4.69) is 0 Å². The molecule has 2 aromatic carbocycles. The second-order valence-electron chi connectivity index (χ2n) is 6.60. The van der Waals surface area contributed by atoms with Crippen molar-refractivity contribution in [3.63, 3.8) is 0 Å². The Balaban J connectivity index is 1.81. The van der Waals surface area contributed by atoms with Crippen LogP contribution in [0.5, 0.6) is 0 Å². The standard InChI is InChI=1S/C21H25NO5S/c1-3-18-13-22(21(23)26-15-17-7-5-4-6-8-17)14-20(18)27-28(24,25)19-11-9-16(2)10-12-19/h4-12,18,20H,3,13-15H2,1-2H3/i1D3,3D2. The average molecular weight is 409 g/mol. The maximum Gasteiger partial charge on any atom is 0.410 e. The van der Waals surface area contributed by atoms with Crippen LogP contribution in [0.25, 0.3) is 0 Å². The molecule has 28 heavy (non-hydrogen) atoms. The van der Waals surface area contributed by atoms with Gasteiger partial charge in [-0.1, -0.05) is 54.9 Å². The Morgan fingerprint density at radius 3 is 2.57 bits per heavy atom. The lowest BCUT2D eigenvalue weighted by molar-refractivity contribution is 0.0994. The molecule has 1 heterocycles. The molecule has 0 N–H and O–H groups in total. The first-order valence-electron chi connectivity index (χ1n) is 11.3. The van der Waals surface area contributed by atoms with Crippen LogP contribution < -0.4 is 0 Å². The monoisotopic (exact) mass is 408 g/mol. The fourth-order valence-electron chi connectivity index (χ4n) is 2.89. The minimum atomic E-state index is -4.33. The molecule has 1 aliphatic rings. The number of likely N-dealkylation sites (tertiary alicyclic amines) is 1. The van der Waals surface area contributed by atoms with Crippen LogP contribution in [0.15, 0.2) is 59.5 Å². The Hall–Kier alpha value is -2.38. The van der Waals surface area contributed by atoms with Gasteiger partial charge in [-0.15, -0.1) is 0 Å². The van der Waals surface area contributed by atoms with Gasteiger partial charge in [0.1, 0.15) is 6.61 Å². The number of carbonyl (C=O) groups is 1. The van der Waals surface area contributed by atoms with Gasteiger partial charge in [-0.05, 0) is 31.0 Å². The highest BCUT2D eigenvalue weighted by Gasteiger charge is 2.38. The van der Waals surface area contributed by atoms with Crippen molar-refractivity contribution in [2.24, 2.45) is 5.92 Å². The van der Waals surface area contributed by atoms with Crippen molar-refractivity contribution in [3.05, 3.63) is 65.7 Å². The van der Waals surface area contributed by atoms with Crippen LogP contribution in [0, 0.1) is 12.8 Å². The van der Waals surface area contributed by atoms with E-state index in [9.17, 15) is 13.2 Å². The molecular formula is C21H25NO5S. The maximum absolute atomic E-state index is 12.8. The highest BCUT2D eigenvalue weighted by molar-refractivity contribution is 7.86. The van der Waals surface area contributed by atoms with Crippen molar-refractivity contribution < 1.29 is 29.0 Å². The summed E-state index contributed by atoms with van der Waals surface area (Å²) in [5.41, 5.74) is 1.56. The number of carbonyl (C=O) groups excluding carboxylic acids is 1. The molecule has 0 aliphatic carbocycles. The Bertz CT molecular complexity index is 1070. The summed E-state index contributed by atoms with van der Waals surface area (Å²) in [6.07, 6.45) is -5.03. The summed E-state index contributed by atoms with van der Waals surface area (Å²) in [6, 6.07) is 14.7. The number of nitrogens with zero attached hydrogens (tertiary/aromatic N) is 1. The molecule has 0 spiro atoms. The van der Waals surface area contributed by atoms with Gasteiger partial charge >= 0.3 is 6.09 Å². The van der Waals surface area contributed by atoms with Crippen LogP contribution in [0.4, 0.5) is 4.79 Å². The minimum absolute atomic E-state index is 0.0415. The molecule has 0 saturated carbocycles. The quantitative estimate of drug-likeness (QED) is 0.681. The zero-order valence-corrected chi connectivity index (χ0v) is 16.2. The van der Waals surface area contributed by atoms with Gasteiger partial charge in [0.05, 0.1) is 17.5 Å². The zero-order valence-electron chi connectivity index (χ0n) is 20.4. The summed E-state index contributed by atoms with van der Waals surface area (Å²) in [5.74, 6) is -1.42. The van der Waals surface area contributed by atoms with Gasteiger partial charge in [0, 0.05) is 19.3 Å². The third kappa shape index (κ3) is 4.91. The summed E-state index contributed by atoms with van der Waals surface area (Å²) in [4.78, 5) is 13.5. The van der Waals surface area contributed by atoms with E-state index in [0.717, 1.165) is 16.0 Å². The highest BCUT2D eigenvalue weighted by Crippen LogP contribution is 2.27. The first kappa shape index (κ1) is 14.6. The summed E-state index contributed by atoms with van der Waals surface area (Å²) in [7, 11) is -4.33. The van der Waals surface area contributed by atoms with E-state index in [0.29, 0.717) is 0 Å². The normalized spacial score (nSPS) is 23.2. The molecule has 1 fully saturated rings. The Labute approximate surface area is 173 Å². The largest absolute Gasteiger partial charge is 0.445 e. The summed E-state index contributed by atoms with van der Waals surface area (Å²) in [6.45, 7) is -2.02. The second-order valence-corrected chi connectivity index (χ2v) is 8.17. The van der Waals surface area contributed by atoms with Crippen molar-refractivity contribution in [1.82, 2.24) is 4.90 Å². The molecule has 0 bridgehead atoms. The van der Waals surface area contributed by atoms with E-state index in [1.807, 2.05) is 6.07 Å². The van der Waals surface area contributed by atoms with Crippen LogP contribution >= 0.6 is 0 Å².